The summed E-state index contributed by atoms with van der Waals surface area (Å²) in [7, 11) is -4.27. The first-order valence-electron chi connectivity index (χ1n) is 7.48. The Balaban J connectivity index is 1.92. The lowest BCUT2D eigenvalue weighted by Crippen LogP contribution is -2.28. The summed E-state index contributed by atoms with van der Waals surface area (Å²) in [6.07, 6.45) is 1.50. The molecule has 0 spiro atoms. The van der Waals surface area contributed by atoms with Crippen molar-refractivity contribution in [3.05, 3.63) is 53.8 Å². The summed E-state index contributed by atoms with van der Waals surface area (Å²) in [5.41, 5.74) is -3.95. The van der Waals surface area contributed by atoms with Gasteiger partial charge >= 0.3 is 15.6 Å². The minimum Gasteiger partial charge on any atom is -0.481 e. The predicted octanol–water partition coefficient (Wildman–Crippen LogP) is 3.82. The minimum absolute atomic E-state index is 0.172. The van der Waals surface area contributed by atoms with Crippen molar-refractivity contribution in [1.82, 2.24) is 14.8 Å². The molecule has 0 unspecified atom stereocenters. The van der Waals surface area contributed by atoms with Crippen LogP contribution in [0, 0.1) is 0 Å². The lowest BCUT2D eigenvalue weighted by atomic mass is 10.1. The Kier molecular flexibility index (Phi) is 5.22. The normalized spacial score (nSPS) is 12.0. The molecule has 3 aromatic rings. The zero-order valence-corrected chi connectivity index (χ0v) is 15.6. The zero-order chi connectivity index (χ0) is 20.5. The van der Waals surface area contributed by atoms with Crippen molar-refractivity contribution in [3.8, 4) is 28.6 Å². The van der Waals surface area contributed by atoms with Crippen molar-refractivity contribution in [2.45, 2.75) is 5.51 Å². The summed E-state index contributed by atoms with van der Waals surface area (Å²) < 4.78 is 69.9. The lowest BCUT2D eigenvalue weighted by Gasteiger charge is -2.11. The molecule has 0 aliphatic carbocycles. The average Bonchev–Trinajstić information content (AvgIpc) is 3.03. The maximum atomic E-state index is 12.4. The molecule has 0 aliphatic rings. The van der Waals surface area contributed by atoms with Crippen LogP contribution in [0.5, 0.6) is 11.6 Å². The molecule has 0 atom stereocenters. The van der Waals surface area contributed by atoms with Crippen LogP contribution in [0.3, 0.4) is 0 Å². The van der Waals surface area contributed by atoms with Crippen LogP contribution in [0.4, 0.5) is 13.2 Å². The van der Waals surface area contributed by atoms with Crippen LogP contribution < -0.4 is 8.92 Å². The van der Waals surface area contributed by atoms with E-state index >= 15 is 0 Å². The number of hydrogen-bond donors (Lipinski definition) is 0. The Labute approximate surface area is 162 Å². The van der Waals surface area contributed by atoms with E-state index in [-0.39, 0.29) is 5.15 Å². The second-order valence-corrected chi connectivity index (χ2v) is 7.26. The molecule has 1 aromatic carbocycles. The highest BCUT2D eigenvalue weighted by Crippen LogP contribution is 2.30. The van der Waals surface area contributed by atoms with E-state index in [9.17, 15) is 21.6 Å². The number of hydrogen-bond acceptors (Lipinski definition) is 6. The molecule has 3 rings (SSSR count). The Morgan fingerprint density at radius 1 is 1.11 bits per heavy atom. The van der Waals surface area contributed by atoms with Crippen molar-refractivity contribution in [3.63, 3.8) is 0 Å². The molecule has 7 nitrogen and oxygen atoms in total. The molecule has 12 heteroatoms. The number of pyridine rings is 1. The summed E-state index contributed by atoms with van der Waals surface area (Å²) in [5.74, 6) is -0.0831. The van der Waals surface area contributed by atoms with Crippen LogP contribution in [0.1, 0.15) is 0 Å². The molecule has 0 N–H and O–H groups in total. The maximum Gasteiger partial charge on any atom is 0.534 e. The number of halogens is 4. The molecular formula is C16H11ClF3N3O4S. The van der Waals surface area contributed by atoms with Crippen LogP contribution in [0.25, 0.3) is 16.9 Å². The topological polar surface area (TPSA) is 83.3 Å². The highest BCUT2D eigenvalue weighted by Gasteiger charge is 2.48. The number of methoxy groups -OCH3 is 1. The van der Waals surface area contributed by atoms with Crippen molar-refractivity contribution < 1.29 is 30.5 Å². The molecule has 0 aliphatic heterocycles. The van der Waals surface area contributed by atoms with E-state index in [0.717, 1.165) is 12.1 Å². The second kappa shape index (κ2) is 7.32. The molecule has 0 fully saturated rings. The zero-order valence-electron chi connectivity index (χ0n) is 14.0. The smallest absolute Gasteiger partial charge is 0.481 e. The Morgan fingerprint density at radius 2 is 1.79 bits per heavy atom. The molecule has 0 radical (unpaired) electrons. The van der Waals surface area contributed by atoms with Crippen molar-refractivity contribution in [1.29, 1.82) is 0 Å². The van der Waals surface area contributed by atoms with Gasteiger partial charge in [-0.1, -0.05) is 11.6 Å². The number of alkyl halides is 3. The van der Waals surface area contributed by atoms with Gasteiger partial charge in [0.2, 0.25) is 5.88 Å². The Morgan fingerprint density at radius 3 is 2.32 bits per heavy atom. The molecule has 0 saturated carbocycles. The van der Waals surface area contributed by atoms with E-state index in [4.69, 9.17) is 16.3 Å². The van der Waals surface area contributed by atoms with Crippen LogP contribution in [-0.4, -0.2) is 35.8 Å². The molecule has 0 amide bonds. The third kappa shape index (κ3) is 4.04. The van der Waals surface area contributed by atoms with Gasteiger partial charge in [-0.2, -0.15) is 26.7 Å². The van der Waals surface area contributed by atoms with Crippen molar-refractivity contribution >= 4 is 21.7 Å². The van der Waals surface area contributed by atoms with E-state index in [2.05, 4.69) is 14.3 Å². The van der Waals surface area contributed by atoms with Crippen LogP contribution in [-0.2, 0) is 10.1 Å². The number of rotatable bonds is 5. The standard InChI is InChI=1S/C16H11ClF3N3O4S/c1-26-15-7-4-11(9-21-15)23-13(8-14(17)22-23)10-2-5-12(6-3-10)27-28(24,25)16(18,19)20/h2-9H,1H3. The molecule has 0 bridgehead atoms. The lowest BCUT2D eigenvalue weighted by molar-refractivity contribution is -0.0500. The minimum atomic E-state index is -5.74. The fourth-order valence-electron chi connectivity index (χ4n) is 2.23. The number of aromatic nitrogens is 3. The van der Waals surface area contributed by atoms with Crippen molar-refractivity contribution in [2.75, 3.05) is 7.11 Å². The summed E-state index contributed by atoms with van der Waals surface area (Å²) in [4.78, 5) is 4.08. The summed E-state index contributed by atoms with van der Waals surface area (Å²) in [5, 5.41) is 4.32. The molecule has 148 valence electrons. The fraction of sp³-hybridized carbons (Fsp3) is 0.125. The third-order valence-corrected chi connectivity index (χ3v) is 4.66. The van der Waals surface area contributed by atoms with Crippen LogP contribution >= 0.6 is 11.6 Å². The second-order valence-electron chi connectivity index (χ2n) is 5.33. The van der Waals surface area contributed by atoms with E-state index in [1.54, 1.807) is 12.1 Å². The van der Waals surface area contributed by atoms with Gasteiger partial charge in [-0.05, 0) is 30.3 Å². The number of nitrogens with zero attached hydrogens (tertiary/aromatic N) is 3. The molecule has 2 heterocycles. The van der Waals surface area contributed by atoms with E-state index in [1.165, 1.54) is 36.2 Å². The van der Waals surface area contributed by atoms with Gasteiger partial charge in [0.25, 0.3) is 0 Å². The molecule has 28 heavy (non-hydrogen) atoms. The summed E-state index contributed by atoms with van der Waals surface area (Å²) in [6, 6.07) is 9.78. The highest BCUT2D eigenvalue weighted by molar-refractivity contribution is 7.88. The Hall–Kier alpha value is -2.79. The van der Waals surface area contributed by atoms with Crippen LogP contribution in [0.15, 0.2) is 48.7 Å². The summed E-state index contributed by atoms with van der Waals surface area (Å²) in [6.45, 7) is 0. The molecule has 2 aromatic heterocycles. The van der Waals surface area contributed by atoms with Crippen LogP contribution in [0.2, 0.25) is 5.15 Å². The van der Waals surface area contributed by atoms with Gasteiger partial charge in [0.05, 0.1) is 24.7 Å². The number of ether oxygens (including phenoxy) is 1. The Bertz CT molecular complexity index is 1080. The van der Waals surface area contributed by atoms with Gasteiger partial charge in [-0.15, -0.1) is 0 Å². The monoisotopic (exact) mass is 433 g/mol. The highest BCUT2D eigenvalue weighted by atomic mass is 35.5. The third-order valence-electron chi connectivity index (χ3n) is 3.49. The van der Waals surface area contributed by atoms with E-state index in [0.29, 0.717) is 22.8 Å². The van der Waals surface area contributed by atoms with E-state index < -0.39 is 21.4 Å². The van der Waals surface area contributed by atoms with Gasteiger partial charge < -0.3 is 8.92 Å². The first-order chi connectivity index (χ1) is 13.1. The largest absolute Gasteiger partial charge is 0.534 e. The first-order valence-corrected chi connectivity index (χ1v) is 9.26. The molecular weight excluding hydrogens is 423 g/mol. The van der Waals surface area contributed by atoms with Gasteiger partial charge in [-0.3, -0.25) is 0 Å². The fourth-order valence-corrected chi connectivity index (χ4v) is 2.87. The SMILES string of the molecule is COc1ccc(-n2nc(Cl)cc2-c2ccc(OS(=O)(=O)C(F)(F)F)cc2)cn1. The number of benzene rings is 1. The maximum absolute atomic E-state index is 12.4. The average molecular weight is 434 g/mol. The quantitative estimate of drug-likeness (QED) is 0.449. The van der Waals surface area contributed by atoms with E-state index in [1.807, 2.05) is 0 Å². The van der Waals surface area contributed by atoms with Gasteiger partial charge in [0, 0.05) is 17.7 Å². The first kappa shape index (κ1) is 20.0. The van der Waals surface area contributed by atoms with Crippen molar-refractivity contribution in [2.24, 2.45) is 0 Å². The summed E-state index contributed by atoms with van der Waals surface area (Å²) >= 11 is 5.99. The van der Waals surface area contributed by atoms with Gasteiger partial charge in [0.15, 0.2) is 5.15 Å². The van der Waals surface area contributed by atoms with Gasteiger partial charge in [-0.25, -0.2) is 9.67 Å². The van der Waals surface area contributed by atoms with Gasteiger partial charge in [0.1, 0.15) is 5.75 Å². The predicted molar refractivity (Wildman–Crippen MR) is 94.0 cm³/mol. The molecule has 0 saturated heterocycles.